The standard InChI is InChI=1S/C10H18N2O6S2/c13-10(14)7-12(9-3-6-19(15,16)8-9)20(17,18)11-4-1-2-5-11/h9H,1-8H2,(H,13,14). The molecule has 0 aromatic heterocycles. The minimum absolute atomic E-state index is 0.0939. The van der Waals surface area contributed by atoms with E-state index in [1.807, 2.05) is 0 Å². The molecule has 116 valence electrons. The van der Waals surface area contributed by atoms with Crippen molar-refractivity contribution in [2.75, 3.05) is 31.1 Å². The molecule has 10 heteroatoms. The van der Waals surface area contributed by atoms with Crippen LogP contribution in [0.3, 0.4) is 0 Å². The number of hydrogen-bond donors (Lipinski definition) is 1. The Morgan fingerprint density at radius 2 is 1.90 bits per heavy atom. The Morgan fingerprint density at radius 3 is 2.35 bits per heavy atom. The molecule has 2 heterocycles. The Bertz CT molecular complexity index is 579. The fourth-order valence-electron chi connectivity index (χ4n) is 2.60. The molecule has 0 aliphatic carbocycles. The second-order valence-electron chi connectivity index (χ2n) is 5.11. The summed E-state index contributed by atoms with van der Waals surface area (Å²) in [4.78, 5) is 10.9. The Kier molecular flexibility index (Phi) is 4.38. The first-order valence-electron chi connectivity index (χ1n) is 6.41. The fourth-order valence-corrected chi connectivity index (χ4v) is 6.27. The molecule has 1 unspecified atom stereocenters. The van der Waals surface area contributed by atoms with Crippen LogP contribution in [0.4, 0.5) is 0 Å². The molecule has 0 radical (unpaired) electrons. The van der Waals surface area contributed by atoms with Crippen molar-refractivity contribution >= 4 is 26.0 Å². The van der Waals surface area contributed by atoms with Gasteiger partial charge in [-0.3, -0.25) is 4.79 Å². The molecule has 0 bridgehead atoms. The van der Waals surface area contributed by atoms with Gasteiger partial charge in [0.2, 0.25) is 0 Å². The third kappa shape index (κ3) is 3.30. The molecule has 0 spiro atoms. The van der Waals surface area contributed by atoms with E-state index in [1.165, 1.54) is 4.31 Å². The summed E-state index contributed by atoms with van der Waals surface area (Å²) in [6.45, 7) is 0.0227. The lowest BCUT2D eigenvalue weighted by Crippen LogP contribution is -2.50. The SMILES string of the molecule is O=C(O)CN(C1CCS(=O)(=O)C1)S(=O)(=O)N1CCCC1. The Morgan fingerprint density at radius 1 is 1.30 bits per heavy atom. The number of rotatable bonds is 5. The zero-order valence-corrected chi connectivity index (χ0v) is 12.6. The summed E-state index contributed by atoms with van der Waals surface area (Å²) in [5.74, 6) is -1.67. The van der Waals surface area contributed by atoms with Crippen molar-refractivity contribution in [1.82, 2.24) is 8.61 Å². The highest BCUT2D eigenvalue weighted by atomic mass is 32.2. The maximum absolute atomic E-state index is 12.5. The van der Waals surface area contributed by atoms with Crippen LogP contribution in [-0.2, 0) is 24.8 Å². The average Bonchev–Trinajstić information content (AvgIpc) is 2.94. The number of carbonyl (C=O) groups is 1. The predicted molar refractivity (Wildman–Crippen MR) is 71.1 cm³/mol. The molecule has 0 aromatic rings. The molecule has 2 aliphatic heterocycles. The number of hydrogen-bond acceptors (Lipinski definition) is 5. The summed E-state index contributed by atoms with van der Waals surface area (Å²) in [7, 11) is -7.19. The lowest BCUT2D eigenvalue weighted by Gasteiger charge is -2.29. The van der Waals surface area contributed by atoms with Crippen LogP contribution < -0.4 is 0 Å². The molecular weight excluding hydrogens is 308 g/mol. The van der Waals surface area contributed by atoms with Crippen molar-refractivity contribution in [3.63, 3.8) is 0 Å². The lowest BCUT2D eigenvalue weighted by molar-refractivity contribution is -0.137. The second kappa shape index (κ2) is 5.58. The molecule has 8 nitrogen and oxygen atoms in total. The van der Waals surface area contributed by atoms with Crippen molar-refractivity contribution in [3.8, 4) is 0 Å². The molecule has 2 saturated heterocycles. The van der Waals surface area contributed by atoms with Crippen LogP contribution in [0.15, 0.2) is 0 Å². The van der Waals surface area contributed by atoms with E-state index in [4.69, 9.17) is 5.11 Å². The van der Waals surface area contributed by atoms with E-state index in [0.717, 1.165) is 17.1 Å². The minimum Gasteiger partial charge on any atom is -0.480 e. The van der Waals surface area contributed by atoms with Crippen LogP contribution >= 0.6 is 0 Å². The van der Waals surface area contributed by atoms with E-state index in [2.05, 4.69) is 0 Å². The quantitative estimate of drug-likeness (QED) is 0.686. The average molecular weight is 326 g/mol. The Labute approximate surface area is 118 Å². The summed E-state index contributed by atoms with van der Waals surface area (Å²) in [6, 6.07) is -0.776. The number of nitrogens with zero attached hydrogens (tertiary/aromatic N) is 2. The number of carboxylic acid groups (broad SMARTS) is 1. The van der Waals surface area contributed by atoms with Crippen molar-refractivity contribution < 1.29 is 26.7 Å². The van der Waals surface area contributed by atoms with Gasteiger partial charge in [-0.1, -0.05) is 0 Å². The maximum Gasteiger partial charge on any atom is 0.318 e. The van der Waals surface area contributed by atoms with Crippen molar-refractivity contribution in [3.05, 3.63) is 0 Å². The molecule has 0 aromatic carbocycles. The predicted octanol–water partition coefficient (Wildman–Crippen LogP) is -1.10. The third-order valence-corrected chi connectivity index (χ3v) is 7.38. The van der Waals surface area contributed by atoms with Crippen molar-refractivity contribution in [1.29, 1.82) is 0 Å². The van der Waals surface area contributed by atoms with Crippen LogP contribution in [0.1, 0.15) is 19.3 Å². The van der Waals surface area contributed by atoms with Crippen molar-refractivity contribution in [2.24, 2.45) is 0 Å². The van der Waals surface area contributed by atoms with Gasteiger partial charge < -0.3 is 5.11 Å². The maximum atomic E-state index is 12.5. The van der Waals surface area contributed by atoms with Gasteiger partial charge in [0.05, 0.1) is 11.5 Å². The first kappa shape index (κ1) is 15.7. The molecule has 1 atom stereocenters. The van der Waals surface area contributed by atoms with Crippen LogP contribution in [0.25, 0.3) is 0 Å². The second-order valence-corrected chi connectivity index (χ2v) is 9.22. The summed E-state index contributed by atoms with van der Waals surface area (Å²) in [6.07, 6.45) is 1.63. The van der Waals surface area contributed by atoms with Gasteiger partial charge in [0.15, 0.2) is 9.84 Å². The zero-order valence-electron chi connectivity index (χ0n) is 10.9. The van der Waals surface area contributed by atoms with Gasteiger partial charge in [0, 0.05) is 19.1 Å². The Hall–Kier alpha value is -0.710. The molecule has 1 N–H and O–H groups in total. The van der Waals surface area contributed by atoms with Gasteiger partial charge in [-0.25, -0.2) is 8.42 Å². The van der Waals surface area contributed by atoms with E-state index < -0.39 is 38.6 Å². The third-order valence-electron chi connectivity index (χ3n) is 3.59. The van der Waals surface area contributed by atoms with E-state index >= 15 is 0 Å². The van der Waals surface area contributed by atoms with Gasteiger partial charge in [-0.2, -0.15) is 17.0 Å². The van der Waals surface area contributed by atoms with Gasteiger partial charge in [0.25, 0.3) is 10.2 Å². The summed E-state index contributed by atoms with van der Waals surface area (Å²) < 4.78 is 50.0. The van der Waals surface area contributed by atoms with Crippen molar-refractivity contribution in [2.45, 2.75) is 25.3 Å². The van der Waals surface area contributed by atoms with Gasteiger partial charge in [-0.15, -0.1) is 0 Å². The van der Waals surface area contributed by atoms with E-state index in [1.54, 1.807) is 0 Å². The molecule has 2 rings (SSSR count). The van der Waals surface area contributed by atoms with Gasteiger partial charge in [0.1, 0.15) is 6.54 Å². The largest absolute Gasteiger partial charge is 0.480 e. The number of sulfone groups is 1. The highest BCUT2D eigenvalue weighted by molar-refractivity contribution is 7.91. The molecule has 2 fully saturated rings. The van der Waals surface area contributed by atoms with Crippen LogP contribution in [0.5, 0.6) is 0 Å². The monoisotopic (exact) mass is 326 g/mol. The fraction of sp³-hybridized carbons (Fsp3) is 0.900. The van der Waals surface area contributed by atoms with E-state index in [0.29, 0.717) is 13.1 Å². The van der Waals surface area contributed by atoms with E-state index in [-0.39, 0.29) is 17.9 Å². The summed E-state index contributed by atoms with van der Waals surface area (Å²) >= 11 is 0. The van der Waals surface area contributed by atoms with Crippen LogP contribution in [0.2, 0.25) is 0 Å². The van der Waals surface area contributed by atoms with Gasteiger partial charge >= 0.3 is 5.97 Å². The molecule has 0 saturated carbocycles. The molecule has 20 heavy (non-hydrogen) atoms. The highest BCUT2D eigenvalue weighted by Crippen LogP contribution is 2.24. The number of aliphatic carboxylic acids is 1. The molecule has 2 aliphatic rings. The summed E-state index contributed by atoms with van der Waals surface area (Å²) in [5, 5.41) is 8.91. The van der Waals surface area contributed by atoms with E-state index in [9.17, 15) is 21.6 Å². The Balaban J connectivity index is 2.25. The minimum atomic E-state index is -3.91. The van der Waals surface area contributed by atoms with Gasteiger partial charge in [-0.05, 0) is 19.3 Å². The van der Waals surface area contributed by atoms with Crippen LogP contribution in [-0.4, -0.2) is 73.7 Å². The number of carboxylic acids is 1. The molecule has 0 amide bonds. The molecular formula is C10H18N2O6S2. The highest BCUT2D eigenvalue weighted by Gasteiger charge is 2.42. The summed E-state index contributed by atoms with van der Waals surface area (Å²) in [5.41, 5.74) is 0. The first-order chi connectivity index (χ1) is 9.22. The smallest absolute Gasteiger partial charge is 0.318 e. The van der Waals surface area contributed by atoms with Crippen LogP contribution in [0, 0.1) is 0 Å². The topological polar surface area (TPSA) is 112 Å². The normalized spacial score (nSPS) is 27.1. The zero-order chi connectivity index (χ0) is 15.0. The lowest BCUT2D eigenvalue weighted by atomic mass is 10.2. The first-order valence-corrected chi connectivity index (χ1v) is 9.63.